The monoisotopic (exact) mass is 258 g/mol. The molecule has 0 saturated carbocycles. The Labute approximate surface area is 108 Å². The van der Waals surface area contributed by atoms with Crippen LogP contribution in [0.1, 0.15) is 31.4 Å². The van der Waals surface area contributed by atoms with Crippen LogP contribution in [0.3, 0.4) is 0 Å². The number of rotatable bonds is 6. The van der Waals surface area contributed by atoms with E-state index in [0.29, 0.717) is 11.6 Å². The average Bonchev–Trinajstić information content (AvgIpc) is 2.26. The molecule has 0 bridgehead atoms. The van der Waals surface area contributed by atoms with E-state index in [1.165, 1.54) is 12.1 Å². The van der Waals surface area contributed by atoms with Crippen LogP contribution in [0.4, 0.5) is 4.39 Å². The summed E-state index contributed by atoms with van der Waals surface area (Å²) in [4.78, 5) is 2.15. The van der Waals surface area contributed by atoms with Crippen molar-refractivity contribution in [2.45, 2.75) is 25.8 Å². The molecule has 0 saturated heterocycles. The Morgan fingerprint density at radius 3 is 2.65 bits per heavy atom. The van der Waals surface area contributed by atoms with Gasteiger partial charge >= 0.3 is 0 Å². The lowest BCUT2D eigenvalue weighted by molar-refractivity contribution is 0.246. The summed E-state index contributed by atoms with van der Waals surface area (Å²) in [6.45, 7) is 3.55. The largest absolute Gasteiger partial charge is 0.329 e. The SMILES string of the molecule is CCCCN(C)C(CN)c1cc(F)cc(Cl)c1. The lowest BCUT2D eigenvalue weighted by Gasteiger charge is -2.27. The molecule has 1 aromatic carbocycles. The van der Waals surface area contributed by atoms with E-state index in [4.69, 9.17) is 17.3 Å². The van der Waals surface area contributed by atoms with E-state index in [1.807, 2.05) is 7.05 Å². The van der Waals surface area contributed by atoms with Gasteiger partial charge in [-0.2, -0.15) is 0 Å². The van der Waals surface area contributed by atoms with Gasteiger partial charge in [-0.25, -0.2) is 4.39 Å². The third kappa shape index (κ3) is 4.26. The van der Waals surface area contributed by atoms with Crippen LogP contribution < -0.4 is 5.73 Å². The van der Waals surface area contributed by atoms with Crippen LogP contribution in [-0.4, -0.2) is 25.0 Å². The Hall–Kier alpha value is -0.640. The van der Waals surface area contributed by atoms with E-state index in [-0.39, 0.29) is 11.9 Å². The molecule has 17 heavy (non-hydrogen) atoms. The van der Waals surface area contributed by atoms with E-state index < -0.39 is 0 Å². The van der Waals surface area contributed by atoms with Crippen LogP contribution in [-0.2, 0) is 0 Å². The molecule has 0 aliphatic carbocycles. The molecule has 1 rings (SSSR count). The van der Waals surface area contributed by atoms with Crippen molar-refractivity contribution in [3.05, 3.63) is 34.6 Å². The fourth-order valence-electron chi connectivity index (χ4n) is 1.90. The van der Waals surface area contributed by atoms with Crippen molar-refractivity contribution in [3.63, 3.8) is 0 Å². The van der Waals surface area contributed by atoms with Gasteiger partial charge in [0, 0.05) is 17.6 Å². The Kier molecular flexibility index (Phi) is 5.89. The van der Waals surface area contributed by atoms with E-state index in [9.17, 15) is 4.39 Å². The summed E-state index contributed by atoms with van der Waals surface area (Å²) < 4.78 is 13.3. The summed E-state index contributed by atoms with van der Waals surface area (Å²) in [5, 5.41) is 0.419. The van der Waals surface area contributed by atoms with Crippen molar-refractivity contribution in [2.24, 2.45) is 5.73 Å². The van der Waals surface area contributed by atoms with Gasteiger partial charge in [0.2, 0.25) is 0 Å². The molecule has 2 N–H and O–H groups in total. The molecule has 0 amide bonds. The number of hydrogen-bond donors (Lipinski definition) is 1. The minimum Gasteiger partial charge on any atom is -0.329 e. The summed E-state index contributed by atoms with van der Waals surface area (Å²) in [5.74, 6) is -0.310. The molecule has 0 fully saturated rings. The van der Waals surface area contributed by atoms with Crippen molar-refractivity contribution in [1.29, 1.82) is 0 Å². The molecule has 1 aromatic rings. The molecule has 1 unspecified atom stereocenters. The number of halogens is 2. The topological polar surface area (TPSA) is 29.3 Å². The summed E-state index contributed by atoms with van der Waals surface area (Å²) in [6, 6.07) is 4.62. The highest BCUT2D eigenvalue weighted by Crippen LogP contribution is 2.23. The Balaban J connectivity index is 2.84. The highest BCUT2D eigenvalue weighted by Gasteiger charge is 2.16. The molecule has 2 nitrogen and oxygen atoms in total. The molecule has 0 radical (unpaired) electrons. The first-order valence-electron chi connectivity index (χ1n) is 5.94. The molecule has 0 spiro atoms. The maximum Gasteiger partial charge on any atom is 0.125 e. The number of hydrogen-bond acceptors (Lipinski definition) is 2. The number of benzene rings is 1. The Morgan fingerprint density at radius 1 is 1.41 bits per heavy atom. The first-order chi connectivity index (χ1) is 8.08. The number of unbranched alkanes of at least 4 members (excludes halogenated alkanes) is 1. The predicted molar refractivity (Wildman–Crippen MR) is 70.7 cm³/mol. The zero-order chi connectivity index (χ0) is 12.8. The summed E-state index contributed by atoms with van der Waals surface area (Å²) >= 11 is 5.86. The maximum absolute atomic E-state index is 13.3. The van der Waals surface area contributed by atoms with Gasteiger partial charge < -0.3 is 5.73 Å². The van der Waals surface area contributed by atoms with Crippen LogP contribution >= 0.6 is 11.6 Å². The molecule has 1 atom stereocenters. The quantitative estimate of drug-likeness (QED) is 0.849. The van der Waals surface area contributed by atoms with Gasteiger partial charge in [0.1, 0.15) is 5.82 Å². The van der Waals surface area contributed by atoms with Crippen LogP contribution in [0, 0.1) is 5.82 Å². The van der Waals surface area contributed by atoms with E-state index in [0.717, 1.165) is 24.9 Å². The Bertz CT molecular complexity index is 337. The second-order valence-electron chi connectivity index (χ2n) is 4.29. The second kappa shape index (κ2) is 6.94. The van der Waals surface area contributed by atoms with Gasteiger partial charge in [-0.05, 0) is 43.8 Å². The third-order valence-corrected chi connectivity index (χ3v) is 3.11. The fourth-order valence-corrected chi connectivity index (χ4v) is 2.13. The van der Waals surface area contributed by atoms with Crippen LogP contribution in [0.25, 0.3) is 0 Å². The lowest BCUT2D eigenvalue weighted by atomic mass is 10.1. The van der Waals surface area contributed by atoms with Crippen LogP contribution in [0.5, 0.6) is 0 Å². The molecule has 0 aromatic heterocycles. The smallest absolute Gasteiger partial charge is 0.125 e. The van der Waals surface area contributed by atoms with Gasteiger partial charge in [-0.1, -0.05) is 24.9 Å². The van der Waals surface area contributed by atoms with Crippen molar-refractivity contribution in [2.75, 3.05) is 20.1 Å². The predicted octanol–water partition coefficient (Wildman–Crippen LogP) is 3.21. The van der Waals surface area contributed by atoms with Gasteiger partial charge in [-0.3, -0.25) is 4.90 Å². The minimum atomic E-state index is -0.310. The molecule has 96 valence electrons. The molecule has 0 aliphatic rings. The van der Waals surface area contributed by atoms with E-state index >= 15 is 0 Å². The molecule has 0 heterocycles. The highest BCUT2D eigenvalue weighted by molar-refractivity contribution is 6.30. The van der Waals surface area contributed by atoms with Crippen molar-refractivity contribution < 1.29 is 4.39 Å². The molecule has 0 aliphatic heterocycles. The minimum absolute atomic E-state index is 0.0229. The molecular formula is C13H20ClFN2. The zero-order valence-electron chi connectivity index (χ0n) is 10.4. The van der Waals surface area contributed by atoms with Crippen molar-refractivity contribution in [3.8, 4) is 0 Å². The fraction of sp³-hybridized carbons (Fsp3) is 0.538. The highest BCUT2D eigenvalue weighted by atomic mass is 35.5. The zero-order valence-corrected chi connectivity index (χ0v) is 11.2. The van der Waals surface area contributed by atoms with Crippen LogP contribution in [0.2, 0.25) is 5.02 Å². The standard InChI is InChI=1S/C13H20ClFN2/c1-3-4-5-17(2)13(9-16)10-6-11(14)8-12(15)7-10/h6-8,13H,3-5,9,16H2,1-2H3. The van der Waals surface area contributed by atoms with Gasteiger partial charge in [0.05, 0.1) is 0 Å². The van der Waals surface area contributed by atoms with Crippen LogP contribution in [0.15, 0.2) is 18.2 Å². The van der Waals surface area contributed by atoms with Crippen molar-refractivity contribution in [1.82, 2.24) is 4.90 Å². The van der Waals surface area contributed by atoms with E-state index in [2.05, 4.69) is 11.8 Å². The molecule has 4 heteroatoms. The third-order valence-electron chi connectivity index (χ3n) is 2.89. The van der Waals surface area contributed by atoms with Gasteiger partial charge in [0.15, 0.2) is 0 Å². The maximum atomic E-state index is 13.3. The summed E-state index contributed by atoms with van der Waals surface area (Å²) in [5.41, 5.74) is 6.61. The number of likely N-dealkylation sites (N-methyl/N-ethyl adjacent to an activating group) is 1. The van der Waals surface area contributed by atoms with Crippen molar-refractivity contribution >= 4 is 11.6 Å². The second-order valence-corrected chi connectivity index (χ2v) is 4.72. The average molecular weight is 259 g/mol. The summed E-state index contributed by atoms with van der Waals surface area (Å²) in [6.07, 6.45) is 2.24. The van der Waals surface area contributed by atoms with E-state index in [1.54, 1.807) is 6.07 Å². The summed E-state index contributed by atoms with van der Waals surface area (Å²) in [7, 11) is 2.01. The van der Waals surface area contributed by atoms with Gasteiger partial charge in [0.25, 0.3) is 0 Å². The van der Waals surface area contributed by atoms with Gasteiger partial charge in [-0.15, -0.1) is 0 Å². The normalized spacial score (nSPS) is 13.1. The first kappa shape index (κ1) is 14.4. The Morgan fingerprint density at radius 2 is 2.12 bits per heavy atom. The first-order valence-corrected chi connectivity index (χ1v) is 6.32. The molecular weight excluding hydrogens is 239 g/mol. The number of nitrogens with zero attached hydrogens (tertiary/aromatic N) is 1. The lowest BCUT2D eigenvalue weighted by Crippen LogP contribution is -2.31. The number of nitrogens with two attached hydrogens (primary N) is 1.